The number of piperidine rings is 1. The fraction of sp³-hybridized carbons (Fsp3) is 0.696. The highest BCUT2D eigenvalue weighted by Crippen LogP contribution is 2.20. The smallest absolute Gasteiger partial charge is 0.191 e. The van der Waals surface area contributed by atoms with Gasteiger partial charge in [0.1, 0.15) is 5.75 Å². The van der Waals surface area contributed by atoms with Gasteiger partial charge in [-0.2, -0.15) is 0 Å². The molecule has 1 saturated heterocycles. The number of hydrogen-bond donors (Lipinski definition) is 3. The highest BCUT2D eigenvalue weighted by atomic mass is 127. The monoisotopic (exact) mass is 548 g/mol. The predicted molar refractivity (Wildman–Crippen MR) is 138 cm³/mol. The van der Waals surface area contributed by atoms with Crippen LogP contribution in [0.25, 0.3) is 0 Å². The van der Waals surface area contributed by atoms with Crippen molar-refractivity contribution in [3.63, 3.8) is 0 Å². The molecule has 1 unspecified atom stereocenters. The van der Waals surface area contributed by atoms with Gasteiger partial charge < -0.3 is 30.1 Å². The van der Waals surface area contributed by atoms with Crippen molar-refractivity contribution >= 4 is 29.9 Å². The molecule has 1 aromatic rings. The summed E-state index contributed by atoms with van der Waals surface area (Å²) in [7, 11) is 1.76. The average molecular weight is 549 g/mol. The number of halogens is 1. The van der Waals surface area contributed by atoms with Crippen molar-refractivity contribution in [1.29, 1.82) is 0 Å². The molecule has 0 radical (unpaired) electrons. The SMILES string of the molecule is CCNC(=NCC(O)c1cccc(OC(C)C)c1)NCC1CCN(CCOC)CC1.I. The first-order valence-corrected chi connectivity index (χ1v) is 11.2. The van der Waals surface area contributed by atoms with Crippen molar-refractivity contribution < 1.29 is 14.6 Å². The van der Waals surface area contributed by atoms with E-state index in [1.54, 1.807) is 7.11 Å². The van der Waals surface area contributed by atoms with Crippen molar-refractivity contribution in [2.75, 3.05) is 53.0 Å². The van der Waals surface area contributed by atoms with Crippen molar-refractivity contribution in [2.24, 2.45) is 10.9 Å². The number of aliphatic hydroxyl groups is 1. The Balaban J connectivity index is 0.00000480. The van der Waals surface area contributed by atoms with E-state index in [4.69, 9.17) is 9.47 Å². The van der Waals surface area contributed by atoms with E-state index in [9.17, 15) is 5.11 Å². The topological polar surface area (TPSA) is 78.4 Å². The van der Waals surface area contributed by atoms with Crippen LogP contribution in [0.5, 0.6) is 5.75 Å². The summed E-state index contributed by atoms with van der Waals surface area (Å²) in [6.45, 7) is 12.1. The van der Waals surface area contributed by atoms with Crippen molar-refractivity contribution in [1.82, 2.24) is 15.5 Å². The summed E-state index contributed by atoms with van der Waals surface area (Å²) in [6, 6.07) is 7.61. The molecule has 178 valence electrons. The number of likely N-dealkylation sites (tertiary alicyclic amines) is 1. The molecule has 8 heteroatoms. The molecule has 3 N–H and O–H groups in total. The Morgan fingerprint density at radius 3 is 2.65 bits per heavy atom. The van der Waals surface area contributed by atoms with Gasteiger partial charge in [-0.3, -0.25) is 4.99 Å². The predicted octanol–water partition coefficient (Wildman–Crippen LogP) is 3.04. The normalized spacial score (nSPS) is 16.6. The van der Waals surface area contributed by atoms with Crippen LogP contribution in [0, 0.1) is 5.92 Å². The van der Waals surface area contributed by atoms with Crippen LogP contribution in [0.1, 0.15) is 45.3 Å². The second-order valence-electron chi connectivity index (χ2n) is 8.13. The van der Waals surface area contributed by atoms with Crippen LogP contribution in [0.4, 0.5) is 0 Å². The number of hydrogen-bond acceptors (Lipinski definition) is 5. The third-order valence-corrected chi connectivity index (χ3v) is 5.26. The summed E-state index contributed by atoms with van der Waals surface area (Å²) in [6.07, 6.45) is 1.80. The van der Waals surface area contributed by atoms with E-state index >= 15 is 0 Å². The molecule has 1 aromatic carbocycles. The zero-order chi connectivity index (χ0) is 21.8. The molecular weight excluding hydrogens is 507 g/mol. The van der Waals surface area contributed by atoms with Gasteiger partial charge in [-0.25, -0.2) is 0 Å². The minimum atomic E-state index is -0.666. The first-order valence-electron chi connectivity index (χ1n) is 11.2. The van der Waals surface area contributed by atoms with E-state index in [2.05, 4.69) is 27.4 Å². The number of guanidine groups is 1. The largest absolute Gasteiger partial charge is 0.491 e. The van der Waals surface area contributed by atoms with Crippen LogP contribution >= 0.6 is 24.0 Å². The molecule has 0 amide bonds. The second kappa shape index (κ2) is 15.7. The molecule has 7 nitrogen and oxygen atoms in total. The second-order valence-corrected chi connectivity index (χ2v) is 8.13. The Morgan fingerprint density at radius 1 is 1.26 bits per heavy atom. The van der Waals surface area contributed by atoms with E-state index < -0.39 is 6.10 Å². The Labute approximate surface area is 205 Å². The third kappa shape index (κ3) is 10.9. The maximum atomic E-state index is 10.6. The lowest BCUT2D eigenvalue weighted by atomic mass is 9.97. The molecule has 1 fully saturated rings. The van der Waals surface area contributed by atoms with Crippen molar-refractivity contribution in [3.8, 4) is 5.75 Å². The number of methoxy groups -OCH3 is 1. The molecule has 1 atom stereocenters. The van der Waals surface area contributed by atoms with Crippen LogP contribution < -0.4 is 15.4 Å². The van der Waals surface area contributed by atoms with E-state index in [1.807, 2.05) is 38.1 Å². The minimum Gasteiger partial charge on any atom is -0.491 e. The molecule has 0 spiro atoms. The van der Waals surface area contributed by atoms with E-state index in [-0.39, 0.29) is 30.1 Å². The van der Waals surface area contributed by atoms with Gasteiger partial charge in [0, 0.05) is 26.7 Å². The number of nitrogens with zero attached hydrogens (tertiary/aromatic N) is 2. The van der Waals surface area contributed by atoms with Crippen LogP contribution in [-0.2, 0) is 4.74 Å². The van der Waals surface area contributed by atoms with Gasteiger partial charge in [-0.05, 0) is 70.3 Å². The van der Waals surface area contributed by atoms with Crippen LogP contribution in [-0.4, -0.2) is 75.1 Å². The summed E-state index contributed by atoms with van der Waals surface area (Å²) in [4.78, 5) is 7.06. The maximum absolute atomic E-state index is 10.6. The van der Waals surface area contributed by atoms with Gasteiger partial charge in [-0.1, -0.05) is 12.1 Å². The van der Waals surface area contributed by atoms with Crippen molar-refractivity contribution in [3.05, 3.63) is 29.8 Å². The summed E-state index contributed by atoms with van der Waals surface area (Å²) in [5, 5.41) is 17.3. The van der Waals surface area contributed by atoms with Gasteiger partial charge in [0.05, 0.1) is 25.4 Å². The first-order chi connectivity index (χ1) is 14.5. The number of aliphatic imine (C=N–C) groups is 1. The van der Waals surface area contributed by atoms with Gasteiger partial charge in [0.25, 0.3) is 0 Å². The average Bonchev–Trinajstić information content (AvgIpc) is 2.74. The highest BCUT2D eigenvalue weighted by molar-refractivity contribution is 14.0. The number of benzene rings is 1. The molecule has 0 aliphatic carbocycles. The minimum absolute atomic E-state index is 0. The van der Waals surface area contributed by atoms with E-state index in [0.717, 1.165) is 56.6 Å². The number of ether oxygens (including phenoxy) is 2. The standard InChI is InChI=1S/C23H40N4O3.HI/c1-5-24-23(25-16-19-9-11-27(12-10-19)13-14-29-4)26-17-22(28)20-7-6-8-21(15-20)30-18(2)3;/h6-8,15,18-19,22,28H,5,9-14,16-17H2,1-4H3,(H2,24,25,26);1H. The molecule has 0 saturated carbocycles. The zero-order valence-electron chi connectivity index (χ0n) is 19.5. The molecule has 1 aliphatic heterocycles. The number of rotatable bonds is 11. The lowest BCUT2D eigenvalue weighted by molar-refractivity contribution is 0.121. The lowest BCUT2D eigenvalue weighted by Gasteiger charge is -2.32. The van der Waals surface area contributed by atoms with Crippen molar-refractivity contribution in [2.45, 2.75) is 45.8 Å². The molecule has 0 bridgehead atoms. The van der Waals surface area contributed by atoms with Crippen LogP contribution in [0.3, 0.4) is 0 Å². The van der Waals surface area contributed by atoms with Gasteiger partial charge in [0.2, 0.25) is 0 Å². The van der Waals surface area contributed by atoms with Gasteiger partial charge in [0.15, 0.2) is 5.96 Å². The molecule has 1 aliphatic rings. The van der Waals surface area contributed by atoms with Gasteiger partial charge in [-0.15, -0.1) is 24.0 Å². The van der Waals surface area contributed by atoms with Crippen LogP contribution in [0.2, 0.25) is 0 Å². The number of aliphatic hydroxyl groups excluding tert-OH is 1. The Hall–Kier alpha value is -1.10. The quantitative estimate of drug-likeness (QED) is 0.224. The molecule has 31 heavy (non-hydrogen) atoms. The zero-order valence-corrected chi connectivity index (χ0v) is 21.8. The Bertz CT molecular complexity index is 637. The number of nitrogens with one attached hydrogen (secondary N) is 2. The van der Waals surface area contributed by atoms with Crippen LogP contribution in [0.15, 0.2) is 29.3 Å². The van der Waals surface area contributed by atoms with E-state index in [0.29, 0.717) is 12.5 Å². The molecule has 1 heterocycles. The lowest BCUT2D eigenvalue weighted by Crippen LogP contribution is -2.43. The fourth-order valence-electron chi connectivity index (χ4n) is 3.57. The molecule has 0 aromatic heterocycles. The summed E-state index contributed by atoms with van der Waals surface area (Å²) in [5.74, 6) is 2.17. The third-order valence-electron chi connectivity index (χ3n) is 5.26. The Kier molecular flexibility index (Phi) is 14.1. The molecular formula is C23H41IN4O3. The fourth-order valence-corrected chi connectivity index (χ4v) is 3.57. The Morgan fingerprint density at radius 2 is 2.00 bits per heavy atom. The summed E-state index contributed by atoms with van der Waals surface area (Å²) in [5.41, 5.74) is 0.816. The van der Waals surface area contributed by atoms with E-state index in [1.165, 1.54) is 12.8 Å². The molecule has 2 rings (SSSR count). The summed E-state index contributed by atoms with van der Waals surface area (Å²) >= 11 is 0. The first kappa shape index (κ1) is 27.9. The summed E-state index contributed by atoms with van der Waals surface area (Å²) < 4.78 is 10.9. The van der Waals surface area contributed by atoms with Gasteiger partial charge >= 0.3 is 0 Å². The highest BCUT2D eigenvalue weighted by Gasteiger charge is 2.19. The maximum Gasteiger partial charge on any atom is 0.191 e.